The van der Waals surface area contributed by atoms with Gasteiger partial charge in [-0.05, 0) is 42.5 Å². The highest BCUT2D eigenvalue weighted by atomic mass is 79.9. The molecule has 8 nitrogen and oxygen atoms in total. The molecule has 1 heterocycles. The molecule has 4 rings (SSSR count). The van der Waals surface area contributed by atoms with Gasteiger partial charge in [-0.1, -0.05) is 40.2 Å². The van der Waals surface area contributed by atoms with Crippen LogP contribution >= 0.6 is 15.9 Å². The number of carbonyl (C=O) groups excluding carboxylic acids is 1. The van der Waals surface area contributed by atoms with Gasteiger partial charge in [-0.2, -0.15) is 0 Å². The zero-order valence-corrected chi connectivity index (χ0v) is 24.1. The van der Waals surface area contributed by atoms with Crippen molar-refractivity contribution in [2.45, 2.75) is 31.0 Å². The van der Waals surface area contributed by atoms with Crippen LogP contribution in [0.5, 0.6) is 17.2 Å². The SMILES string of the molecule is C=CC[C@@]1(C(=O)NCc2ccc(OC)cc2OC)N=C(c2ccc(OCCCO)cc2)O[C@@H]1c1ccccc1Br. The van der Waals surface area contributed by atoms with Gasteiger partial charge in [0.05, 0.1) is 20.8 Å². The molecule has 0 radical (unpaired) electrons. The number of amides is 1. The Kier molecular flexibility index (Phi) is 9.84. The summed E-state index contributed by atoms with van der Waals surface area (Å²) in [7, 11) is 3.16. The third-order valence-corrected chi connectivity index (χ3v) is 7.33. The minimum atomic E-state index is -1.31. The van der Waals surface area contributed by atoms with Crippen LogP contribution in [0.2, 0.25) is 0 Å². The predicted octanol–water partition coefficient (Wildman–Crippen LogP) is 5.38. The molecule has 9 heteroatoms. The number of nitrogens with zero attached hydrogens (tertiary/aromatic N) is 1. The summed E-state index contributed by atoms with van der Waals surface area (Å²) in [6, 6.07) is 20.4. The van der Waals surface area contributed by atoms with Gasteiger partial charge in [0.1, 0.15) is 17.2 Å². The van der Waals surface area contributed by atoms with Gasteiger partial charge >= 0.3 is 0 Å². The molecule has 0 spiro atoms. The zero-order valence-electron chi connectivity index (χ0n) is 22.6. The molecule has 2 N–H and O–H groups in total. The minimum Gasteiger partial charge on any atom is -0.497 e. The van der Waals surface area contributed by atoms with E-state index in [0.717, 1.165) is 15.6 Å². The summed E-state index contributed by atoms with van der Waals surface area (Å²) in [5.41, 5.74) is 0.992. The van der Waals surface area contributed by atoms with Crippen molar-refractivity contribution < 1.29 is 28.8 Å². The van der Waals surface area contributed by atoms with Gasteiger partial charge < -0.3 is 29.4 Å². The van der Waals surface area contributed by atoms with E-state index in [-0.39, 0.29) is 25.5 Å². The number of hydrogen-bond donors (Lipinski definition) is 2. The van der Waals surface area contributed by atoms with Gasteiger partial charge in [0.15, 0.2) is 11.6 Å². The van der Waals surface area contributed by atoms with Crippen LogP contribution in [-0.4, -0.2) is 49.9 Å². The van der Waals surface area contributed by atoms with E-state index in [2.05, 4.69) is 27.8 Å². The van der Waals surface area contributed by atoms with Crippen LogP contribution < -0.4 is 19.5 Å². The Balaban J connectivity index is 1.68. The maximum Gasteiger partial charge on any atom is 0.252 e. The number of carbonyl (C=O) groups is 1. The van der Waals surface area contributed by atoms with E-state index in [1.165, 1.54) is 0 Å². The lowest BCUT2D eigenvalue weighted by atomic mass is 9.84. The molecule has 210 valence electrons. The number of aliphatic hydroxyl groups is 1. The molecule has 0 aromatic heterocycles. The first-order valence-corrected chi connectivity index (χ1v) is 13.7. The predicted molar refractivity (Wildman–Crippen MR) is 157 cm³/mol. The summed E-state index contributed by atoms with van der Waals surface area (Å²) in [6.45, 7) is 4.63. The van der Waals surface area contributed by atoms with Crippen LogP contribution in [0, 0.1) is 0 Å². The summed E-state index contributed by atoms with van der Waals surface area (Å²) in [6.07, 6.45) is 1.77. The number of rotatable bonds is 13. The highest BCUT2D eigenvalue weighted by Crippen LogP contribution is 2.45. The van der Waals surface area contributed by atoms with E-state index in [1.807, 2.05) is 60.7 Å². The van der Waals surface area contributed by atoms with E-state index < -0.39 is 11.6 Å². The van der Waals surface area contributed by atoms with E-state index >= 15 is 0 Å². The Morgan fingerprint density at radius 2 is 1.88 bits per heavy atom. The topological polar surface area (TPSA) is 98.6 Å². The van der Waals surface area contributed by atoms with E-state index in [1.54, 1.807) is 26.4 Å². The molecular formula is C31H33BrN2O6. The number of ether oxygens (including phenoxy) is 4. The number of hydrogen-bond acceptors (Lipinski definition) is 7. The van der Waals surface area contributed by atoms with Crippen LogP contribution in [0.1, 0.15) is 35.6 Å². The Bertz CT molecular complexity index is 1360. The number of aliphatic hydroxyl groups excluding tert-OH is 1. The van der Waals surface area contributed by atoms with Crippen molar-refractivity contribution in [3.63, 3.8) is 0 Å². The molecule has 1 aliphatic rings. The van der Waals surface area contributed by atoms with E-state index in [0.29, 0.717) is 41.7 Å². The molecule has 0 bridgehead atoms. The standard InChI is InChI=1S/C31H33BrN2O6/c1-4-16-31(30(36)33-20-22-12-15-24(37-2)19-27(22)38-3)28(25-8-5-6-9-26(25)32)40-29(34-31)21-10-13-23(14-11-21)39-18-7-17-35/h4-6,8-15,19,28,35H,1,7,16-18,20H2,2-3H3,(H,33,36)/t28-,31-/m1/s1. The van der Waals surface area contributed by atoms with Gasteiger partial charge in [0, 0.05) is 53.2 Å². The quantitative estimate of drug-likeness (QED) is 0.200. The lowest BCUT2D eigenvalue weighted by Crippen LogP contribution is -2.47. The van der Waals surface area contributed by atoms with Crippen molar-refractivity contribution in [1.82, 2.24) is 5.32 Å². The van der Waals surface area contributed by atoms with Crippen LogP contribution in [0.3, 0.4) is 0 Å². The van der Waals surface area contributed by atoms with E-state index in [4.69, 9.17) is 29.0 Å². The molecular weight excluding hydrogens is 576 g/mol. The number of nitrogens with one attached hydrogen (secondary N) is 1. The molecule has 0 fully saturated rings. The Morgan fingerprint density at radius 3 is 2.55 bits per heavy atom. The fourth-order valence-electron chi connectivity index (χ4n) is 4.53. The molecule has 0 aliphatic carbocycles. The molecule has 1 aliphatic heterocycles. The largest absolute Gasteiger partial charge is 0.497 e. The smallest absolute Gasteiger partial charge is 0.252 e. The fraction of sp³-hybridized carbons (Fsp3) is 0.290. The lowest BCUT2D eigenvalue weighted by Gasteiger charge is -2.30. The summed E-state index contributed by atoms with van der Waals surface area (Å²) in [5, 5.41) is 12.0. The van der Waals surface area contributed by atoms with Crippen molar-refractivity contribution in [1.29, 1.82) is 0 Å². The van der Waals surface area contributed by atoms with Crippen LogP contribution in [0.25, 0.3) is 0 Å². The highest BCUT2D eigenvalue weighted by molar-refractivity contribution is 9.10. The van der Waals surface area contributed by atoms with Crippen molar-refractivity contribution in [3.8, 4) is 17.2 Å². The third-order valence-electron chi connectivity index (χ3n) is 6.61. The molecule has 1 amide bonds. The average molecular weight is 610 g/mol. The Labute approximate surface area is 242 Å². The zero-order chi connectivity index (χ0) is 28.5. The molecule has 0 saturated carbocycles. The Morgan fingerprint density at radius 1 is 1.12 bits per heavy atom. The minimum absolute atomic E-state index is 0.0673. The number of aliphatic imine (C=N–C) groups is 1. The average Bonchev–Trinajstić information content (AvgIpc) is 3.37. The van der Waals surface area contributed by atoms with Crippen molar-refractivity contribution in [2.75, 3.05) is 27.4 Å². The van der Waals surface area contributed by atoms with Crippen LogP contribution in [-0.2, 0) is 16.1 Å². The maximum absolute atomic E-state index is 14.1. The Hall–Kier alpha value is -3.82. The number of benzene rings is 3. The molecule has 2 atom stereocenters. The second-order valence-corrected chi connectivity index (χ2v) is 10.0. The van der Waals surface area contributed by atoms with Gasteiger partial charge in [-0.25, -0.2) is 4.99 Å². The summed E-state index contributed by atoms with van der Waals surface area (Å²) in [5.74, 6) is 1.98. The van der Waals surface area contributed by atoms with Gasteiger partial charge in [-0.3, -0.25) is 4.79 Å². The maximum atomic E-state index is 14.1. The van der Waals surface area contributed by atoms with Crippen molar-refractivity contribution in [2.24, 2.45) is 4.99 Å². The second kappa shape index (κ2) is 13.5. The highest BCUT2D eigenvalue weighted by Gasteiger charge is 2.52. The van der Waals surface area contributed by atoms with Gasteiger partial charge in [0.25, 0.3) is 5.91 Å². The molecule has 40 heavy (non-hydrogen) atoms. The van der Waals surface area contributed by atoms with E-state index in [9.17, 15) is 4.79 Å². The normalized spacial score (nSPS) is 17.9. The first-order valence-electron chi connectivity index (χ1n) is 12.9. The first kappa shape index (κ1) is 29.2. The lowest BCUT2D eigenvalue weighted by molar-refractivity contribution is -0.129. The second-order valence-electron chi connectivity index (χ2n) is 9.16. The third kappa shape index (κ3) is 6.32. The molecule has 0 saturated heterocycles. The van der Waals surface area contributed by atoms with Crippen molar-refractivity contribution >= 4 is 27.7 Å². The summed E-state index contributed by atoms with van der Waals surface area (Å²) >= 11 is 3.63. The molecule has 3 aromatic carbocycles. The first-order chi connectivity index (χ1) is 19.4. The fourth-order valence-corrected chi connectivity index (χ4v) is 5.02. The van der Waals surface area contributed by atoms with Crippen molar-refractivity contribution in [3.05, 3.63) is 101 Å². The van der Waals surface area contributed by atoms with Crippen LogP contribution in [0.4, 0.5) is 0 Å². The van der Waals surface area contributed by atoms with Gasteiger partial charge in [0.2, 0.25) is 5.90 Å². The summed E-state index contributed by atoms with van der Waals surface area (Å²) < 4.78 is 23.7. The molecule has 3 aromatic rings. The summed E-state index contributed by atoms with van der Waals surface area (Å²) in [4.78, 5) is 19.0. The number of halogens is 1. The monoisotopic (exact) mass is 608 g/mol. The van der Waals surface area contributed by atoms with Gasteiger partial charge in [-0.15, -0.1) is 6.58 Å². The molecule has 0 unspecified atom stereocenters. The van der Waals surface area contributed by atoms with Crippen LogP contribution in [0.15, 0.2) is 88.9 Å². The number of methoxy groups -OCH3 is 2.